The lowest BCUT2D eigenvalue weighted by molar-refractivity contribution is -0.343. The van der Waals surface area contributed by atoms with Crippen molar-refractivity contribution in [1.82, 2.24) is 0 Å². The first-order chi connectivity index (χ1) is 23.1. The van der Waals surface area contributed by atoms with Gasteiger partial charge in [-0.1, -0.05) is 34.6 Å². The number of rotatable bonds is 6. The van der Waals surface area contributed by atoms with Gasteiger partial charge in [0.05, 0.1) is 18.8 Å². The predicted octanol–water partition coefficient (Wildman–Crippen LogP) is 2.27. The largest absolute Gasteiger partial charge is 0.457 e. The number of fused-ring (bicyclic) bond motifs is 4. The molecule has 0 bridgehead atoms. The molecule has 5 aliphatic carbocycles. The molecule has 7 rings (SSSR count). The molecule has 18 atom stereocenters. The molecule has 2 aliphatic heterocycles. The highest BCUT2D eigenvalue weighted by atomic mass is 16.7. The van der Waals surface area contributed by atoms with Crippen LogP contribution in [-0.4, -0.2) is 117 Å². The van der Waals surface area contributed by atoms with Gasteiger partial charge in [0, 0.05) is 37.2 Å². The number of aliphatic hydroxyl groups excluding tert-OH is 5. The van der Waals surface area contributed by atoms with Crippen LogP contribution in [0.5, 0.6) is 0 Å². The van der Waals surface area contributed by atoms with E-state index in [0.717, 1.165) is 32.1 Å². The van der Waals surface area contributed by atoms with E-state index in [0.29, 0.717) is 12.8 Å². The zero-order valence-electron chi connectivity index (χ0n) is 31.3. The molecule has 2 heterocycles. The third-order valence-electron chi connectivity index (χ3n) is 16.4. The van der Waals surface area contributed by atoms with Gasteiger partial charge in [-0.05, 0) is 86.4 Å². The van der Waals surface area contributed by atoms with E-state index in [1.54, 1.807) is 7.11 Å². The molecule has 0 aromatic carbocycles. The van der Waals surface area contributed by atoms with Crippen LogP contribution in [0.15, 0.2) is 0 Å². The van der Waals surface area contributed by atoms with E-state index in [1.807, 2.05) is 13.8 Å². The van der Waals surface area contributed by atoms with Gasteiger partial charge in [-0.2, -0.15) is 0 Å². The Hall–Kier alpha value is -0.930. The zero-order valence-corrected chi connectivity index (χ0v) is 31.3. The van der Waals surface area contributed by atoms with Crippen LogP contribution >= 0.6 is 0 Å². The zero-order chi connectivity index (χ0) is 36.8. The number of esters is 1. The summed E-state index contributed by atoms with van der Waals surface area (Å²) in [5.74, 6) is -2.65. The normalized spacial score (nSPS) is 55.8. The second-order valence-electron chi connectivity index (χ2n) is 19.0. The Balaban J connectivity index is 1.19. The molecule has 50 heavy (non-hydrogen) atoms. The van der Waals surface area contributed by atoms with Crippen LogP contribution < -0.4 is 0 Å². The van der Waals surface area contributed by atoms with Gasteiger partial charge in [-0.3, -0.25) is 4.79 Å². The maximum Gasteiger partial charge on any atom is 0.303 e. The fourth-order valence-corrected chi connectivity index (χ4v) is 13.9. The molecule has 6 N–H and O–H groups in total. The molecule has 5 saturated carbocycles. The molecule has 286 valence electrons. The van der Waals surface area contributed by atoms with Crippen molar-refractivity contribution in [1.29, 1.82) is 0 Å². The summed E-state index contributed by atoms with van der Waals surface area (Å²) >= 11 is 0. The van der Waals surface area contributed by atoms with Crippen LogP contribution in [-0.2, 0) is 28.5 Å². The first-order valence-corrected chi connectivity index (χ1v) is 18.9. The highest BCUT2D eigenvalue weighted by molar-refractivity contribution is 5.66. The number of carbonyl (C=O) groups is 1. The van der Waals surface area contributed by atoms with E-state index in [-0.39, 0.29) is 41.1 Å². The summed E-state index contributed by atoms with van der Waals surface area (Å²) in [6, 6.07) is 0. The molecule has 12 heteroatoms. The van der Waals surface area contributed by atoms with Crippen LogP contribution in [0.3, 0.4) is 0 Å². The summed E-state index contributed by atoms with van der Waals surface area (Å²) in [5, 5.41) is 68.4. The minimum Gasteiger partial charge on any atom is -0.457 e. The minimum atomic E-state index is -1.87. The number of aliphatic hydroxyl groups is 6. The minimum absolute atomic E-state index is 0.0200. The third-order valence-corrected chi connectivity index (χ3v) is 16.4. The Labute approximate surface area is 296 Å². The first kappa shape index (κ1) is 37.4. The van der Waals surface area contributed by atoms with Crippen molar-refractivity contribution in [3.63, 3.8) is 0 Å². The van der Waals surface area contributed by atoms with Gasteiger partial charge < -0.3 is 54.3 Å². The van der Waals surface area contributed by atoms with Gasteiger partial charge in [-0.25, -0.2) is 0 Å². The standard InChI is InChI=1S/C38H62O12/c1-18-14-21(29(48-19(2)39)33(5,6)46-9)50-38(45)28(18)34(7)12-13-36-17-37(36)22(10-11-23(36)35(34,8)31(38)44)32(3,4)25(15-24(37)41)49-30-27(43)26(42)20(40)16-47-30/h18,20-31,40-45H,10-17H2,1-9H3/t18-,20-,21-,22+,23+,24+,25+,26-,27+,28-,29-,30+,31-,34-,35-,36+,37-,38-/m1/s1. The maximum atomic E-state index is 12.7. The van der Waals surface area contributed by atoms with Crippen LogP contribution in [0.1, 0.15) is 100 Å². The Bertz CT molecular complexity index is 1360. The van der Waals surface area contributed by atoms with Crippen molar-refractivity contribution in [2.45, 2.75) is 167 Å². The lowest BCUT2D eigenvalue weighted by Gasteiger charge is -2.64. The van der Waals surface area contributed by atoms with Gasteiger partial charge in [0.1, 0.15) is 36.1 Å². The van der Waals surface area contributed by atoms with Gasteiger partial charge >= 0.3 is 5.97 Å². The Morgan fingerprint density at radius 1 is 0.960 bits per heavy atom. The number of hydrogen-bond donors (Lipinski definition) is 6. The SMILES string of the molecule is COC(C)(C)[C@H](OC(C)=O)[C@H]1C[C@@H](C)[C@H]2[C@@](O)(O1)[C@H](O)[C@@]1(C)[C@@H]3CC[C@H]4C(C)(C)[C@@H](O[C@@H]5OC[C@@H](O)[C@@H](O)[C@@H]5O)C[C@H](O)[C@@]45C[C@@]35CC[C@]21C. The van der Waals surface area contributed by atoms with Crippen LogP contribution in [0, 0.1) is 50.7 Å². The lowest BCUT2D eigenvalue weighted by atomic mass is 9.41. The van der Waals surface area contributed by atoms with Crippen LogP contribution in [0.25, 0.3) is 0 Å². The summed E-state index contributed by atoms with van der Waals surface area (Å²) in [7, 11) is 1.56. The molecular weight excluding hydrogens is 648 g/mol. The van der Waals surface area contributed by atoms with Crippen LogP contribution in [0.4, 0.5) is 0 Å². The van der Waals surface area contributed by atoms with E-state index in [9.17, 15) is 35.4 Å². The van der Waals surface area contributed by atoms with E-state index >= 15 is 0 Å². The van der Waals surface area contributed by atoms with E-state index < -0.39 is 88.7 Å². The van der Waals surface area contributed by atoms with Crippen molar-refractivity contribution in [2.24, 2.45) is 50.7 Å². The summed E-state index contributed by atoms with van der Waals surface area (Å²) in [4.78, 5) is 12.3. The molecule has 2 saturated heterocycles. The summed E-state index contributed by atoms with van der Waals surface area (Å²) in [6.45, 7) is 15.7. The Morgan fingerprint density at radius 3 is 2.26 bits per heavy atom. The number of hydrogen-bond acceptors (Lipinski definition) is 12. The summed E-state index contributed by atoms with van der Waals surface area (Å²) in [5.41, 5.74) is -3.14. The summed E-state index contributed by atoms with van der Waals surface area (Å²) in [6.07, 6.45) is -4.03. The maximum absolute atomic E-state index is 12.7. The lowest BCUT2D eigenvalue weighted by Crippen LogP contribution is -2.64. The Kier molecular flexibility index (Phi) is 8.63. The van der Waals surface area contributed by atoms with E-state index in [4.69, 9.17) is 23.7 Å². The van der Waals surface area contributed by atoms with Gasteiger partial charge in [0.2, 0.25) is 0 Å². The van der Waals surface area contributed by atoms with Gasteiger partial charge in [0.25, 0.3) is 0 Å². The van der Waals surface area contributed by atoms with Crippen molar-refractivity contribution in [3.05, 3.63) is 0 Å². The topological polar surface area (TPSA) is 185 Å². The molecule has 7 fully saturated rings. The second kappa shape index (κ2) is 11.5. The quantitative estimate of drug-likeness (QED) is 0.175. The molecule has 0 amide bonds. The monoisotopic (exact) mass is 710 g/mol. The van der Waals surface area contributed by atoms with Gasteiger partial charge in [-0.15, -0.1) is 0 Å². The fraction of sp³-hybridized carbons (Fsp3) is 0.974. The molecule has 7 aliphatic rings. The van der Waals surface area contributed by atoms with E-state index in [1.165, 1.54) is 6.92 Å². The number of carbonyl (C=O) groups excluding carboxylic acids is 1. The molecule has 0 radical (unpaired) electrons. The second-order valence-corrected chi connectivity index (χ2v) is 19.0. The van der Waals surface area contributed by atoms with Crippen molar-refractivity contribution in [3.8, 4) is 0 Å². The van der Waals surface area contributed by atoms with Crippen molar-refractivity contribution < 1.29 is 59.1 Å². The molecular formula is C38H62O12. The molecule has 0 aromatic rings. The Morgan fingerprint density at radius 2 is 1.62 bits per heavy atom. The van der Waals surface area contributed by atoms with Crippen molar-refractivity contribution >= 4 is 5.97 Å². The average molecular weight is 711 g/mol. The predicted molar refractivity (Wildman–Crippen MR) is 178 cm³/mol. The summed E-state index contributed by atoms with van der Waals surface area (Å²) < 4.78 is 30.2. The highest BCUT2D eigenvalue weighted by Gasteiger charge is 2.88. The van der Waals surface area contributed by atoms with Crippen LogP contribution in [0.2, 0.25) is 0 Å². The molecule has 0 unspecified atom stereocenters. The first-order valence-electron chi connectivity index (χ1n) is 18.9. The molecule has 0 aromatic heterocycles. The third kappa shape index (κ3) is 4.56. The fourth-order valence-electron chi connectivity index (χ4n) is 13.9. The number of methoxy groups -OCH3 is 1. The highest BCUT2D eigenvalue weighted by Crippen LogP contribution is 2.89. The number of ether oxygens (including phenoxy) is 5. The van der Waals surface area contributed by atoms with Gasteiger partial charge in [0.15, 0.2) is 18.2 Å². The smallest absolute Gasteiger partial charge is 0.303 e. The van der Waals surface area contributed by atoms with E-state index in [2.05, 4.69) is 34.6 Å². The van der Waals surface area contributed by atoms with Crippen molar-refractivity contribution in [2.75, 3.05) is 13.7 Å². The average Bonchev–Trinajstić information content (AvgIpc) is 3.70. The molecule has 2 spiro atoms. The molecule has 12 nitrogen and oxygen atoms in total.